The van der Waals surface area contributed by atoms with Gasteiger partial charge in [-0.15, -0.1) is 0 Å². The van der Waals surface area contributed by atoms with Gasteiger partial charge in [-0.3, -0.25) is 0 Å². The predicted molar refractivity (Wildman–Crippen MR) is 65.0 cm³/mol. The number of anilines is 1. The summed E-state index contributed by atoms with van der Waals surface area (Å²) in [7, 11) is 0. The average Bonchev–Trinajstić information content (AvgIpc) is 2.70. The third-order valence-electron chi connectivity index (χ3n) is 2.63. The molecule has 5 heteroatoms. The Morgan fingerprint density at radius 1 is 1.00 bits per heavy atom. The lowest BCUT2D eigenvalue weighted by Gasteiger charge is -1.97. The minimum absolute atomic E-state index is 0.398. The van der Waals surface area contributed by atoms with E-state index in [1.807, 2.05) is 0 Å². The molecule has 3 aromatic rings. The van der Waals surface area contributed by atoms with Crippen LogP contribution in [0.25, 0.3) is 16.9 Å². The highest BCUT2D eigenvalue weighted by molar-refractivity contribution is 5.63. The van der Waals surface area contributed by atoms with Crippen molar-refractivity contribution < 1.29 is 8.78 Å². The number of nitrogens with zero attached hydrogens (tertiary/aromatic N) is 2. The first-order chi connectivity index (χ1) is 8.61. The molecular weight excluding hydrogens is 236 g/mol. The summed E-state index contributed by atoms with van der Waals surface area (Å²) in [6, 6.07) is 6.78. The Labute approximate surface area is 101 Å². The van der Waals surface area contributed by atoms with Gasteiger partial charge in [-0.25, -0.2) is 13.8 Å². The van der Waals surface area contributed by atoms with Crippen molar-refractivity contribution >= 4 is 11.3 Å². The van der Waals surface area contributed by atoms with E-state index in [1.54, 1.807) is 28.9 Å². The van der Waals surface area contributed by atoms with Crippen molar-refractivity contribution in [2.45, 2.75) is 0 Å². The van der Waals surface area contributed by atoms with Crippen LogP contribution in [0.4, 0.5) is 14.5 Å². The molecule has 0 radical (unpaired) electrons. The van der Waals surface area contributed by atoms with E-state index in [1.165, 1.54) is 12.1 Å². The summed E-state index contributed by atoms with van der Waals surface area (Å²) in [6.07, 6.45) is 3.38. The monoisotopic (exact) mass is 245 g/mol. The summed E-state index contributed by atoms with van der Waals surface area (Å²) >= 11 is 0. The summed E-state index contributed by atoms with van der Waals surface area (Å²) < 4.78 is 28.0. The first-order valence-corrected chi connectivity index (χ1v) is 5.32. The van der Waals surface area contributed by atoms with Crippen LogP contribution in [0.5, 0.6) is 0 Å². The molecule has 0 saturated carbocycles. The second-order valence-corrected chi connectivity index (χ2v) is 4.01. The number of fused-ring (bicyclic) bond motifs is 1. The quantitative estimate of drug-likeness (QED) is 0.716. The number of hydrogen-bond acceptors (Lipinski definition) is 2. The average molecular weight is 245 g/mol. The van der Waals surface area contributed by atoms with Gasteiger partial charge in [-0.2, -0.15) is 0 Å². The summed E-state index contributed by atoms with van der Waals surface area (Å²) in [5.41, 5.74) is 7.81. The molecule has 0 amide bonds. The number of nitrogens with two attached hydrogens (primary N) is 1. The van der Waals surface area contributed by atoms with E-state index in [-0.39, 0.29) is 0 Å². The van der Waals surface area contributed by atoms with E-state index in [0.717, 1.165) is 6.07 Å². The fourth-order valence-corrected chi connectivity index (χ4v) is 1.85. The third kappa shape index (κ3) is 1.79. The van der Waals surface area contributed by atoms with Crippen molar-refractivity contribution in [3.63, 3.8) is 0 Å². The van der Waals surface area contributed by atoms with Gasteiger partial charge in [0, 0.05) is 29.7 Å². The molecule has 3 nitrogen and oxygen atoms in total. The zero-order chi connectivity index (χ0) is 12.7. The number of imidazole rings is 1. The Morgan fingerprint density at radius 3 is 2.44 bits per heavy atom. The summed E-state index contributed by atoms with van der Waals surface area (Å²) in [6.45, 7) is 0. The maximum absolute atomic E-state index is 13.1. The lowest BCUT2D eigenvalue weighted by molar-refractivity contribution is 0.584. The molecule has 0 aliphatic carbocycles. The van der Waals surface area contributed by atoms with Gasteiger partial charge in [0.25, 0.3) is 0 Å². The number of hydrogen-bond donors (Lipinski definition) is 1. The van der Waals surface area contributed by atoms with Crippen LogP contribution in [-0.4, -0.2) is 9.38 Å². The highest BCUT2D eigenvalue weighted by Gasteiger charge is 2.07. The number of pyridine rings is 1. The zero-order valence-corrected chi connectivity index (χ0v) is 9.27. The van der Waals surface area contributed by atoms with Gasteiger partial charge in [0.1, 0.15) is 17.3 Å². The maximum atomic E-state index is 13.1. The number of aromatic nitrogens is 2. The van der Waals surface area contributed by atoms with Crippen LogP contribution in [0.1, 0.15) is 0 Å². The predicted octanol–water partition coefficient (Wildman–Crippen LogP) is 2.86. The van der Waals surface area contributed by atoms with Gasteiger partial charge in [0.15, 0.2) is 0 Å². The first-order valence-electron chi connectivity index (χ1n) is 5.32. The lowest BCUT2D eigenvalue weighted by Crippen LogP contribution is -1.88. The second kappa shape index (κ2) is 3.80. The van der Waals surface area contributed by atoms with Gasteiger partial charge in [-0.1, -0.05) is 0 Å². The van der Waals surface area contributed by atoms with Crippen molar-refractivity contribution in [3.8, 4) is 11.3 Å². The van der Waals surface area contributed by atoms with Gasteiger partial charge < -0.3 is 10.1 Å². The standard InChI is InChI=1S/C13H9F2N3/c14-9-3-8(4-10(15)5-9)12-7-18-6-11(16)1-2-13(18)17-12/h1-7H,16H2. The number of benzene rings is 1. The van der Waals surface area contributed by atoms with Gasteiger partial charge >= 0.3 is 0 Å². The molecule has 90 valence electrons. The molecule has 2 aromatic heterocycles. The Kier molecular flexibility index (Phi) is 2.26. The van der Waals surface area contributed by atoms with Crippen molar-refractivity contribution in [1.29, 1.82) is 0 Å². The third-order valence-corrected chi connectivity index (χ3v) is 2.63. The molecule has 0 saturated heterocycles. The molecule has 2 heterocycles. The van der Waals surface area contributed by atoms with Crippen molar-refractivity contribution in [2.24, 2.45) is 0 Å². The molecule has 0 atom stereocenters. The lowest BCUT2D eigenvalue weighted by atomic mass is 10.1. The van der Waals surface area contributed by atoms with Crippen LogP contribution < -0.4 is 5.73 Å². The Hall–Kier alpha value is -2.43. The van der Waals surface area contributed by atoms with Crippen LogP contribution in [0.3, 0.4) is 0 Å². The molecule has 2 N–H and O–H groups in total. The molecule has 0 unspecified atom stereocenters. The Balaban J connectivity index is 2.19. The zero-order valence-electron chi connectivity index (χ0n) is 9.27. The highest BCUT2D eigenvalue weighted by atomic mass is 19.1. The summed E-state index contributed by atoms with van der Waals surface area (Å²) in [4.78, 5) is 4.28. The van der Waals surface area contributed by atoms with Gasteiger partial charge in [-0.05, 0) is 24.3 Å². The number of nitrogen functional groups attached to an aromatic ring is 1. The molecule has 0 spiro atoms. The van der Waals surface area contributed by atoms with E-state index in [4.69, 9.17) is 5.73 Å². The largest absolute Gasteiger partial charge is 0.398 e. The summed E-state index contributed by atoms with van der Waals surface area (Å²) in [5.74, 6) is -1.25. The van der Waals surface area contributed by atoms with Crippen LogP contribution in [-0.2, 0) is 0 Å². The smallest absolute Gasteiger partial charge is 0.137 e. The van der Waals surface area contributed by atoms with Crippen LogP contribution in [0.2, 0.25) is 0 Å². The summed E-state index contributed by atoms with van der Waals surface area (Å²) in [5, 5.41) is 0. The molecule has 0 bridgehead atoms. The maximum Gasteiger partial charge on any atom is 0.137 e. The molecule has 3 rings (SSSR count). The van der Waals surface area contributed by atoms with E-state index in [9.17, 15) is 8.78 Å². The van der Waals surface area contributed by atoms with E-state index in [2.05, 4.69) is 4.98 Å². The number of halogens is 2. The number of rotatable bonds is 1. The fourth-order valence-electron chi connectivity index (χ4n) is 1.85. The fraction of sp³-hybridized carbons (Fsp3) is 0. The van der Waals surface area contributed by atoms with Crippen LogP contribution in [0.15, 0.2) is 42.7 Å². The molecule has 0 aliphatic heterocycles. The molecule has 0 fully saturated rings. The molecule has 1 aromatic carbocycles. The molecule has 18 heavy (non-hydrogen) atoms. The minimum atomic E-state index is -0.624. The Bertz CT molecular complexity index is 714. The van der Waals surface area contributed by atoms with E-state index in [0.29, 0.717) is 22.6 Å². The van der Waals surface area contributed by atoms with Crippen molar-refractivity contribution in [2.75, 3.05) is 5.73 Å². The van der Waals surface area contributed by atoms with E-state index < -0.39 is 11.6 Å². The van der Waals surface area contributed by atoms with Crippen LogP contribution >= 0.6 is 0 Å². The van der Waals surface area contributed by atoms with E-state index >= 15 is 0 Å². The molecule has 0 aliphatic rings. The van der Waals surface area contributed by atoms with Gasteiger partial charge in [0.05, 0.1) is 5.69 Å². The van der Waals surface area contributed by atoms with Crippen molar-refractivity contribution in [1.82, 2.24) is 9.38 Å². The van der Waals surface area contributed by atoms with Gasteiger partial charge in [0.2, 0.25) is 0 Å². The topological polar surface area (TPSA) is 43.3 Å². The molecular formula is C13H9F2N3. The SMILES string of the molecule is Nc1ccc2nc(-c3cc(F)cc(F)c3)cn2c1. The van der Waals surface area contributed by atoms with Crippen LogP contribution in [0, 0.1) is 11.6 Å². The normalized spacial score (nSPS) is 11.0. The second-order valence-electron chi connectivity index (χ2n) is 4.01. The minimum Gasteiger partial charge on any atom is -0.398 e. The highest BCUT2D eigenvalue weighted by Crippen LogP contribution is 2.22. The van der Waals surface area contributed by atoms with Crippen molar-refractivity contribution in [3.05, 3.63) is 54.4 Å². The first kappa shape index (κ1) is 10.7. The Morgan fingerprint density at radius 2 is 1.72 bits per heavy atom.